The Hall–Kier alpha value is 0.237. The summed E-state index contributed by atoms with van der Waals surface area (Å²) < 4.78 is 6.44. The molecule has 2 nitrogen and oxygen atoms in total. The highest BCUT2D eigenvalue weighted by molar-refractivity contribution is 7.75. The summed E-state index contributed by atoms with van der Waals surface area (Å²) in [5.74, 6) is 0. The van der Waals surface area contributed by atoms with Gasteiger partial charge in [-0.1, -0.05) is 60.8 Å². The zero-order chi connectivity index (χ0) is 21.4. The van der Waals surface area contributed by atoms with Crippen LogP contribution in [0.1, 0.15) is 96.4 Å². The van der Waals surface area contributed by atoms with E-state index in [4.69, 9.17) is 9.41 Å². The van der Waals surface area contributed by atoms with Crippen LogP contribution in [0.5, 0.6) is 0 Å². The number of unbranched alkanes of at least 4 members (excludes halogenated alkanes) is 2. The van der Waals surface area contributed by atoms with Gasteiger partial charge in [0.25, 0.3) is 0 Å². The molecular formula is C23H47NOPSSi+. The van der Waals surface area contributed by atoms with Crippen molar-refractivity contribution < 1.29 is 4.43 Å². The fourth-order valence-corrected chi connectivity index (χ4v) is 9.99. The zero-order valence-electron chi connectivity index (χ0n) is 20.2. The minimum Gasteiger partial charge on any atom is -0.410 e. The fraction of sp³-hybridized carbons (Fsp3) is 0.870. The summed E-state index contributed by atoms with van der Waals surface area (Å²) in [6.07, 6.45) is 10.8. The zero-order valence-corrected chi connectivity index (χ0v) is 22.9. The maximum atomic E-state index is 6.44. The highest BCUT2D eigenvalue weighted by Gasteiger charge is 2.42. The quantitative estimate of drug-likeness (QED) is 0.224. The lowest BCUT2D eigenvalue weighted by Gasteiger charge is -2.35. The molecule has 0 bridgehead atoms. The van der Waals surface area contributed by atoms with Crippen molar-refractivity contribution in [3.05, 3.63) is 16.1 Å². The van der Waals surface area contributed by atoms with Crippen LogP contribution in [0.15, 0.2) is 5.38 Å². The van der Waals surface area contributed by atoms with Crippen molar-refractivity contribution in [2.75, 3.05) is 19.0 Å². The minimum atomic E-state index is -1.72. The van der Waals surface area contributed by atoms with Crippen LogP contribution in [-0.2, 0) is 11.0 Å². The molecular weight excluding hydrogens is 397 g/mol. The predicted octanol–water partition coefficient (Wildman–Crippen LogP) is 8.75. The summed E-state index contributed by atoms with van der Waals surface area (Å²) in [4.78, 5) is 5.14. The molecule has 1 aromatic rings. The number of aromatic nitrogens is 1. The second kappa shape index (κ2) is 11.6. The van der Waals surface area contributed by atoms with Gasteiger partial charge < -0.3 is 4.43 Å². The molecule has 1 rings (SSSR count). The van der Waals surface area contributed by atoms with Gasteiger partial charge in [-0.05, 0) is 37.4 Å². The lowest BCUT2D eigenvalue weighted by molar-refractivity contribution is 0.275. The second-order valence-electron chi connectivity index (χ2n) is 10.2. The van der Waals surface area contributed by atoms with E-state index < -0.39 is 15.6 Å². The Morgan fingerprint density at radius 3 is 2.11 bits per heavy atom. The van der Waals surface area contributed by atoms with E-state index in [0.29, 0.717) is 12.3 Å². The van der Waals surface area contributed by atoms with E-state index in [1.165, 1.54) is 61.6 Å². The lowest BCUT2D eigenvalue weighted by atomic mass is 10.2. The number of thiazole rings is 1. The third-order valence-corrected chi connectivity index (χ3v) is 16.7. The summed E-state index contributed by atoms with van der Waals surface area (Å²) in [6.45, 7) is 21.9. The van der Waals surface area contributed by atoms with Gasteiger partial charge in [-0.2, -0.15) is 0 Å². The van der Waals surface area contributed by atoms with E-state index in [0.717, 1.165) is 0 Å². The Morgan fingerprint density at radius 1 is 1.07 bits per heavy atom. The van der Waals surface area contributed by atoms with E-state index >= 15 is 0 Å². The van der Waals surface area contributed by atoms with Crippen molar-refractivity contribution in [1.82, 2.24) is 4.98 Å². The average Bonchev–Trinajstić information content (AvgIpc) is 3.08. The van der Waals surface area contributed by atoms with Crippen LogP contribution >= 0.6 is 18.6 Å². The highest BCUT2D eigenvalue weighted by atomic mass is 32.1. The van der Waals surface area contributed by atoms with Crippen LogP contribution < -0.4 is 0 Å². The molecule has 164 valence electrons. The average molecular weight is 445 g/mol. The molecule has 0 saturated heterocycles. The fourth-order valence-electron chi connectivity index (χ4n) is 3.52. The first-order chi connectivity index (χ1) is 13.0. The van der Waals surface area contributed by atoms with Crippen molar-refractivity contribution in [3.8, 4) is 0 Å². The first-order valence-electron chi connectivity index (χ1n) is 11.4. The van der Waals surface area contributed by atoms with Gasteiger partial charge in [0.05, 0.1) is 24.6 Å². The van der Waals surface area contributed by atoms with E-state index in [9.17, 15) is 0 Å². The van der Waals surface area contributed by atoms with Crippen LogP contribution in [0.4, 0.5) is 0 Å². The molecule has 0 radical (unpaired) electrons. The van der Waals surface area contributed by atoms with Gasteiger partial charge in [0.1, 0.15) is 10.7 Å². The molecule has 0 amide bonds. The Labute approximate surface area is 181 Å². The molecule has 1 atom stereocenters. The molecule has 0 aliphatic carbocycles. The maximum Gasteiger partial charge on any atom is 0.192 e. The van der Waals surface area contributed by atoms with Crippen LogP contribution in [-0.4, -0.2) is 32.3 Å². The van der Waals surface area contributed by atoms with E-state index in [2.05, 4.69) is 66.7 Å². The normalized spacial score (nSPS) is 14.5. The first-order valence-corrected chi connectivity index (χ1v) is 17.9. The summed E-state index contributed by atoms with van der Waals surface area (Å²) in [7, 11) is -2.72. The first kappa shape index (κ1) is 26.3. The molecule has 0 fully saturated rings. The van der Waals surface area contributed by atoms with Gasteiger partial charge in [-0.25, -0.2) is 4.98 Å². The highest BCUT2D eigenvalue weighted by Crippen LogP contribution is 2.69. The summed E-state index contributed by atoms with van der Waals surface area (Å²) in [6, 6.07) is 0. The smallest absolute Gasteiger partial charge is 0.192 e. The van der Waals surface area contributed by atoms with Gasteiger partial charge in [-0.15, -0.1) is 11.3 Å². The number of nitrogens with zero attached hydrogens (tertiary/aromatic N) is 1. The summed E-state index contributed by atoms with van der Waals surface area (Å²) in [5.41, 5.74) is 2.07. The van der Waals surface area contributed by atoms with Crippen molar-refractivity contribution in [1.29, 1.82) is 0 Å². The van der Waals surface area contributed by atoms with E-state index in [-0.39, 0.29) is 5.04 Å². The number of hydrogen-bond acceptors (Lipinski definition) is 3. The summed E-state index contributed by atoms with van der Waals surface area (Å²) in [5, 5.41) is 3.79. The van der Waals surface area contributed by atoms with Gasteiger partial charge in [0.15, 0.2) is 8.32 Å². The van der Waals surface area contributed by atoms with Gasteiger partial charge in [0, 0.05) is 19.3 Å². The monoisotopic (exact) mass is 444 g/mol. The Bertz CT molecular complexity index is 559. The standard InChI is InChI=1S/C23H47NOPSSi/c1-10-13-16-26(7,17-14-11-2)21(15-12-3)20-19-27-22(24-20)18-25-28(8,9)23(4,5)6/h19,21H,10-18H2,1-9H3/q+1. The number of rotatable bonds is 13. The largest absolute Gasteiger partial charge is 0.410 e. The molecule has 0 N–H and O–H groups in total. The molecule has 0 saturated carbocycles. The lowest BCUT2D eigenvalue weighted by Crippen LogP contribution is -2.40. The van der Waals surface area contributed by atoms with Crippen molar-refractivity contribution in [2.24, 2.45) is 0 Å². The molecule has 0 aliphatic rings. The van der Waals surface area contributed by atoms with Crippen molar-refractivity contribution in [2.45, 2.75) is 110 Å². The molecule has 0 aliphatic heterocycles. The van der Waals surface area contributed by atoms with Crippen LogP contribution in [0.25, 0.3) is 0 Å². The van der Waals surface area contributed by atoms with Gasteiger partial charge in [0.2, 0.25) is 0 Å². The molecule has 1 heterocycles. The Balaban J connectivity index is 2.99. The van der Waals surface area contributed by atoms with E-state index in [1.54, 1.807) is 0 Å². The molecule has 28 heavy (non-hydrogen) atoms. The van der Waals surface area contributed by atoms with Crippen molar-refractivity contribution >= 4 is 26.9 Å². The minimum absolute atomic E-state index is 0.252. The van der Waals surface area contributed by atoms with Gasteiger partial charge >= 0.3 is 0 Å². The van der Waals surface area contributed by atoms with E-state index in [1.807, 2.05) is 11.3 Å². The molecule has 0 aromatic carbocycles. The van der Waals surface area contributed by atoms with Crippen molar-refractivity contribution in [3.63, 3.8) is 0 Å². The molecule has 0 spiro atoms. The molecule has 5 heteroatoms. The molecule has 1 aromatic heterocycles. The Kier molecular flexibility index (Phi) is 10.9. The summed E-state index contributed by atoms with van der Waals surface area (Å²) >= 11 is 1.82. The predicted molar refractivity (Wildman–Crippen MR) is 134 cm³/mol. The van der Waals surface area contributed by atoms with Gasteiger partial charge in [-0.3, -0.25) is 0 Å². The molecule has 1 unspecified atom stereocenters. The van der Waals surface area contributed by atoms with Crippen LogP contribution in [0, 0.1) is 0 Å². The SMILES string of the molecule is CCCC[P+](C)(CCCC)C(CCC)c1csc(CO[Si](C)(C)C(C)(C)C)n1. The topological polar surface area (TPSA) is 22.1 Å². The van der Waals surface area contributed by atoms with Crippen LogP contribution in [0.3, 0.4) is 0 Å². The third-order valence-electron chi connectivity index (χ3n) is 6.63. The van der Waals surface area contributed by atoms with Crippen LogP contribution in [0.2, 0.25) is 18.1 Å². The second-order valence-corrected chi connectivity index (χ2v) is 20.4. The maximum absolute atomic E-state index is 6.44. The third kappa shape index (κ3) is 7.49. The Morgan fingerprint density at radius 2 is 1.64 bits per heavy atom. The number of hydrogen-bond donors (Lipinski definition) is 0.